The number of nitriles is 1. The van der Waals surface area contributed by atoms with Crippen molar-refractivity contribution in [3.05, 3.63) is 53.5 Å². The second-order valence-corrected chi connectivity index (χ2v) is 6.35. The van der Waals surface area contributed by atoms with Crippen LogP contribution in [0.1, 0.15) is 35.6 Å². The predicted molar refractivity (Wildman–Crippen MR) is 94.0 cm³/mol. The van der Waals surface area contributed by atoms with Gasteiger partial charge < -0.3 is 9.88 Å². The number of aryl methyl sites for hydroxylation is 1. The molecule has 0 aromatic carbocycles. The normalized spacial score (nSPS) is 15.6. The van der Waals surface area contributed by atoms with E-state index in [4.69, 9.17) is 5.26 Å². The monoisotopic (exact) mass is 317 g/mol. The van der Waals surface area contributed by atoms with Gasteiger partial charge in [-0.25, -0.2) is 9.97 Å². The van der Waals surface area contributed by atoms with Crippen LogP contribution in [0.3, 0.4) is 0 Å². The molecule has 120 valence electrons. The molecular weight excluding hydrogens is 298 g/mol. The van der Waals surface area contributed by atoms with Crippen molar-refractivity contribution in [3.8, 4) is 6.07 Å². The third-order valence-corrected chi connectivity index (χ3v) is 4.93. The molecule has 1 N–H and O–H groups in total. The zero-order valence-corrected chi connectivity index (χ0v) is 13.7. The molecule has 1 saturated heterocycles. The highest BCUT2D eigenvalue weighted by Crippen LogP contribution is 2.33. The Kier molecular flexibility index (Phi) is 3.66. The maximum Gasteiger partial charge on any atom is 0.145 e. The molecule has 3 aromatic heterocycles. The van der Waals surface area contributed by atoms with Gasteiger partial charge in [0.2, 0.25) is 0 Å². The molecule has 1 fully saturated rings. The molecule has 4 rings (SSSR count). The Morgan fingerprint density at radius 2 is 2.08 bits per heavy atom. The molecule has 5 heteroatoms. The van der Waals surface area contributed by atoms with Crippen molar-refractivity contribution in [2.45, 2.75) is 25.7 Å². The van der Waals surface area contributed by atoms with E-state index in [0.29, 0.717) is 11.6 Å². The average molecular weight is 317 g/mol. The number of hydrogen-bond acceptors (Lipinski definition) is 4. The lowest BCUT2D eigenvalue weighted by Gasteiger charge is -2.33. The lowest BCUT2D eigenvalue weighted by Crippen LogP contribution is -2.33. The van der Waals surface area contributed by atoms with E-state index in [0.717, 1.165) is 43.0 Å². The first kappa shape index (κ1) is 14.7. The predicted octanol–water partition coefficient (Wildman–Crippen LogP) is 3.52. The number of piperidine rings is 1. The molecule has 0 aliphatic carbocycles. The largest absolute Gasteiger partial charge is 0.357 e. The van der Waals surface area contributed by atoms with Crippen molar-refractivity contribution in [1.82, 2.24) is 15.0 Å². The van der Waals surface area contributed by atoms with Crippen LogP contribution in [0.25, 0.3) is 11.0 Å². The van der Waals surface area contributed by atoms with E-state index < -0.39 is 0 Å². The number of nitrogens with zero attached hydrogens (tertiary/aromatic N) is 4. The Morgan fingerprint density at radius 1 is 1.25 bits per heavy atom. The number of H-pyrrole nitrogens is 1. The summed E-state index contributed by atoms with van der Waals surface area (Å²) in [6.07, 6.45) is 6.09. The second-order valence-electron chi connectivity index (χ2n) is 6.35. The van der Waals surface area contributed by atoms with Crippen LogP contribution in [0.5, 0.6) is 0 Å². The molecule has 4 heterocycles. The Hall–Kier alpha value is -2.87. The molecule has 0 spiro atoms. The lowest BCUT2D eigenvalue weighted by atomic mass is 9.89. The number of pyridine rings is 2. The maximum atomic E-state index is 9.17. The van der Waals surface area contributed by atoms with E-state index in [9.17, 15) is 0 Å². The molecule has 5 nitrogen and oxygen atoms in total. The molecule has 0 saturated carbocycles. The van der Waals surface area contributed by atoms with Crippen LogP contribution in [-0.4, -0.2) is 28.0 Å². The van der Waals surface area contributed by atoms with Crippen LogP contribution in [-0.2, 0) is 0 Å². The van der Waals surface area contributed by atoms with Gasteiger partial charge in [-0.1, -0.05) is 6.07 Å². The second kappa shape index (κ2) is 5.97. The third kappa shape index (κ3) is 2.50. The van der Waals surface area contributed by atoms with Crippen molar-refractivity contribution in [2.24, 2.45) is 0 Å². The third-order valence-electron chi connectivity index (χ3n) is 4.93. The smallest absolute Gasteiger partial charge is 0.145 e. The van der Waals surface area contributed by atoms with E-state index >= 15 is 0 Å². The molecule has 0 bridgehead atoms. The minimum atomic E-state index is 0.525. The topological polar surface area (TPSA) is 68.6 Å². The highest BCUT2D eigenvalue weighted by Gasteiger charge is 2.24. The van der Waals surface area contributed by atoms with Gasteiger partial charge in [0.25, 0.3) is 0 Å². The number of aromatic amines is 1. The van der Waals surface area contributed by atoms with Crippen molar-refractivity contribution in [2.75, 3.05) is 18.0 Å². The zero-order valence-electron chi connectivity index (χ0n) is 13.7. The van der Waals surface area contributed by atoms with Crippen LogP contribution in [0.4, 0.5) is 5.82 Å². The summed E-state index contributed by atoms with van der Waals surface area (Å²) in [7, 11) is 0. The number of rotatable bonds is 2. The molecule has 0 unspecified atom stereocenters. The van der Waals surface area contributed by atoms with Crippen LogP contribution in [0.15, 0.2) is 36.7 Å². The van der Waals surface area contributed by atoms with Gasteiger partial charge >= 0.3 is 0 Å². The van der Waals surface area contributed by atoms with Crippen LogP contribution in [0, 0.1) is 18.3 Å². The van der Waals surface area contributed by atoms with Gasteiger partial charge in [0.1, 0.15) is 23.2 Å². The fourth-order valence-corrected chi connectivity index (χ4v) is 3.54. The van der Waals surface area contributed by atoms with E-state index in [1.807, 2.05) is 31.3 Å². The lowest BCUT2D eigenvalue weighted by molar-refractivity contribution is 0.505. The van der Waals surface area contributed by atoms with Gasteiger partial charge in [-0.15, -0.1) is 0 Å². The van der Waals surface area contributed by atoms with Crippen molar-refractivity contribution >= 4 is 16.9 Å². The molecule has 0 amide bonds. The van der Waals surface area contributed by atoms with Gasteiger partial charge in [-0.05, 0) is 55.0 Å². The molecule has 1 aliphatic rings. The van der Waals surface area contributed by atoms with Crippen molar-refractivity contribution in [1.29, 1.82) is 5.26 Å². The van der Waals surface area contributed by atoms with Gasteiger partial charge in [-0.3, -0.25) is 0 Å². The van der Waals surface area contributed by atoms with E-state index in [-0.39, 0.29) is 0 Å². The first-order chi connectivity index (χ1) is 11.8. The summed E-state index contributed by atoms with van der Waals surface area (Å²) in [6, 6.07) is 10.3. The number of fused-ring (bicyclic) bond motifs is 1. The number of hydrogen-bond donors (Lipinski definition) is 1. The Labute approximate surface area is 141 Å². The summed E-state index contributed by atoms with van der Waals surface area (Å²) < 4.78 is 0. The standard InChI is InChI=1S/C19H19N5/c1-13-4-5-18(23-17(13)11-20)24-9-6-14(7-10-24)16-12-22-19-15(16)3-2-8-21-19/h2-5,8,12,14H,6-7,9-10H2,1H3,(H,21,22). The average Bonchev–Trinajstić information content (AvgIpc) is 3.06. The SMILES string of the molecule is Cc1ccc(N2CCC(c3c[nH]c4ncccc34)CC2)nc1C#N. The Bertz CT molecular complexity index is 913. The van der Waals surface area contributed by atoms with Gasteiger partial charge in [0.05, 0.1) is 0 Å². The first-order valence-electron chi connectivity index (χ1n) is 8.31. The summed E-state index contributed by atoms with van der Waals surface area (Å²) >= 11 is 0. The molecule has 0 atom stereocenters. The number of aromatic nitrogens is 3. The number of anilines is 1. The number of nitrogens with one attached hydrogen (secondary N) is 1. The molecule has 24 heavy (non-hydrogen) atoms. The Balaban J connectivity index is 1.52. The minimum Gasteiger partial charge on any atom is -0.357 e. The summed E-state index contributed by atoms with van der Waals surface area (Å²) in [5.74, 6) is 1.45. The van der Waals surface area contributed by atoms with Gasteiger partial charge in [0, 0.05) is 30.9 Å². The van der Waals surface area contributed by atoms with Crippen molar-refractivity contribution in [3.63, 3.8) is 0 Å². The molecule has 3 aromatic rings. The molecule has 1 aliphatic heterocycles. The molecule has 0 radical (unpaired) electrons. The Morgan fingerprint density at radius 3 is 2.88 bits per heavy atom. The maximum absolute atomic E-state index is 9.17. The van der Waals surface area contributed by atoms with Crippen LogP contribution in [0.2, 0.25) is 0 Å². The van der Waals surface area contributed by atoms with Gasteiger partial charge in [-0.2, -0.15) is 5.26 Å². The summed E-state index contributed by atoms with van der Waals surface area (Å²) in [4.78, 5) is 14.4. The first-order valence-corrected chi connectivity index (χ1v) is 8.31. The highest BCUT2D eigenvalue weighted by molar-refractivity contribution is 5.80. The fraction of sp³-hybridized carbons (Fsp3) is 0.316. The van der Waals surface area contributed by atoms with E-state index in [1.165, 1.54) is 10.9 Å². The van der Waals surface area contributed by atoms with Crippen LogP contribution < -0.4 is 4.90 Å². The zero-order chi connectivity index (χ0) is 16.5. The summed E-state index contributed by atoms with van der Waals surface area (Å²) in [5.41, 5.74) is 3.79. The molecular formula is C19H19N5. The highest BCUT2D eigenvalue weighted by atomic mass is 15.2. The van der Waals surface area contributed by atoms with E-state index in [1.54, 1.807) is 0 Å². The van der Waals surface area contributed by atoms with Crippen LogP contribution >= 0.6 is 0 Å². The quantitative estimate of drug-likeness (QED) is 0.785. The summed E-state index contributed by atoms with van der Waals surface area (Å²) in [5, 5.41) is 10.4. The van der Waals surface area contributed by atoms with E-state index in [2.05, 4.69) is 38.2 Å². The fourth-order valence-electron chi connectivity index (χ4n) is 3.54. The summed E-state index contributed by atoms with van der Waals surface area (Å²) in [6.45, 7) is 3.84. The van der Waals surface area contributed by atoms with Gasteiger partial charge in [0.15, 0.2) is 0 Å². The van der Waals surface area contributed by atoms with Crippen molar-refractivity contribution < 1.29 is 0 Å². The minimum absolute atomic E-state index is 0.525.